The Hall–Kier alpha value is -2.61. The normalized spacial score (nSPS) is 14.8. The fourth-order valence-electron chi connectivity index (χ4n) is 3.39. The number of carbonyl (C=O) groups is 1. The minimum Gasteiger partial charge on any atom is -0.479 e. The lowest BCUT2D eigenvalue weighted by Gasteiger charge is -2.34. The van der Waals surface area contributed by atoms with Crippen LogP contribution in [0.2, 0.25) is 0 Å². The predicted octanol–water partition coefficient (Wildman–Crippen LogP) is 2.62. The number of benzene rings is 1. The van der Waals surface area contributed by atoms with Crippen molar-refractivity contribution >= 4 is 32.6 Å². The van der Waals surface area contributed by atoms with E-state index in [0.717, 1.165) is 23.7 Å². The second-order valence-corrected chi connectivity index (χ2v) is 7.86. The van der Waals surface area contributed by atoms with Crippen LogP contribution in [0.4, 0.5) is 5.13 Å². The molecule has 1 amide bonds. The Morgan fingerprint density at radius 3 is 2.63 bits per heavy atom. The number of ether oxygens (including phenoxy) is 1. The Kier molecular flexibility index (Phi) is 4.51. The number of hydrogen-bond donors (Lipinski definition) is 0. The topological polar surface area (TPSA) is 63.5 Å². The number of nitrogens with zero attached hydrogens (tertiary/aromatic N) is 5. The second-order valence-electron chi connectivity index (χ2n) is 6.86. The first kappa shape index (κ1) is 17.8. The first-order valence-electron chi connectivity index (χ1n) is 8.96. The molecule has 0 unspecified atom stereocenters. The maximum atomic E-state index is 12.8. The van der Waals surface area contributed by atoms with Crippen LogP contribution in [0.15, 0.2) is 18.3 Å². The SMILES string of the molecule is COc1nn(C)cc1C(=O)N1CCN(c2nc3c(C)c(C)ccc3s2)CC1. The number of fused-ring (bicyclic) bond motifs is 1. The van der Waals surface area contributed by atoms with E-state index in [2.05, 4.69) is 36.0 Å². The zero-order valence-corrected chi connectivity index (χ0v) is 16.8. The number of rotatable bonds is 3. The number of amides is 1. The van der Waals surface area contributed by atoms with Crippen LogP contribution in [-0.4, -0.2) is 58.9 Å². The van der Waals surface area contributed by atoms with Crippen molar-refractivity contribution in [3.05, 3.63) is 35.0 Å². The van der Waals surface area contributed by atoms with E-state index in [0.29, 0.717) is 24.5 Å². The van der Waals surface area contributed by atoms with Gasteiger partial charge in [0.2, 0.25) is 5.88 Å². The van der Waals surface area contributed by atoms with Gasteiger partial charge >= 0.3 is 0 Å². The van der Waals surface area contributed by atoms with Crippen LogP contribution >= 0.6 is 11.3 Å². The van der Waals surface area contributed by atoms with E-state index in [-0.39, 0.29) is 5.91 Å². The van der Waals surface area contributed by atoms with Crippen molar-refractivity contribution < 1.29 is 9.53 Å². The number of piperazine rings is 1. The minimum atomic E-state index is -0.0321. The van der Waals surface area contributed by atoms with Gasteiger partial charge in [0.1, 0.15) is 5.56 Å². The van der Waals surface area contributed by atoms with E-state index in [1.54, 1.807) is 29.3 Å². The van der Waals surface area contributed by atoms with Gasteiger partial charge in [-0.25, -0.2) is 4.98 Å². The van der Waals surface area contributed by atoms with Crippen LogP contribution in [0.25, 0.3) is 10.2 Å². The van der Waals surface area contributed by atoms with Crippen LogP contribution in [0.1, 0.15) is 21.5 Å². The average Bonchev–Trinajstić information content (AvgIpc) is 3.28. The molecule has 2 aromatic heterocycles. The van der Waals surface area contributed by atoms with Crippen LogP contribution in [-0.2, 0) is 7.05 Å². The van der Waals surface area contributed by atoms with E-state index in [9.17, 15) is 4.79 Å². The van der Waals surface area contributed by atoms with Gasteiger partial charge in [-0.15, -0.1) is 5.10 Å². The molecule has 0 N–H and O–H groups in total. The molecule has 1 saturated heterocycles. The molecule has 0 atom stereocenters. The molecule has 7 nitrogen and oxygen atoms in total. The van der Waals surface area contributed by atoms with Gasteiger partial charge in [0, 0.05) is 39.4 Å². The van der Waals surface area contributed by atoms with E-state index in [1.807, 2.05) is 4.90 Å². The number of aryl methyl sites for hydroxylation is 3. The summed E-state index contributed by atoms with van der Waals surface area (Å²) in [4.78, 5) is 21.8. The Balaban J connectivity index is 1.49. The Morgan fingerprint density at radius 2 is 1.93 bits per heavy atom. The zero-order chi connectivity index (χ0) is 19.1. The van der Waals surface area contributed by atoms with Crippen LogP contribution in [0.3, 0.4) is 0 Å². The highest BCUT2D eigenvalue weighted by Crippen LogP contribution is 2.32. The number of thiazole rings is 1. The molecule has 0 bridgehead atoms. The fraction of sp³-hybridized carbons (Fsp3) is 0.421. The Morgan fingerprint density at radius 1 is 1.19 bits per heavy atom. The summed E-state index contributed by atoms with van der Waals surface area (Å²) in [5.41, 5.74) is 4.11. The molecule has 1 aliphatic heterocycles. The summed E-state index contributed by atoms with van der Waals surface area (Å²) in [7, 11) is 3.32. The summed E-state index contributed by atoms with van der Waals surface area (Å²) >= 11 is 1.72. The predicted molar refractivity (Wildman–Crippen MR) is 107 cm³/mol. The number of hydrogen-bond acceptors (Lipinski definition) is 6. The zero-order valence-electron chi connectivity index (χ0n) is 16.0. The van der Waals surface area contributed by atoms with Gasteiger partial charge in [-0.2, -0.15) is 0 Å². The van der Waals surface area contributed by atoms with Crippen LogP contribution < -0.4 is 9.64 Å². The summed E-state index contributed by atoms with van der Waals surface area (Å²) in [6.07, 6.45) is 1.71. The molecule has 3 heterocycles. The summed E-state index contributed by atoms with van der Waals surface area (Å²) in [5, 5.41) is 5.21. The van der Waals surface area contributed by atoms with Crippen molar-refractivity contribution in [2.24, 2.45) is 7.05 Å². The molecule has 0 radical (unpaired) electrons. The first-order valence-corrected chi connectivity index (χ1v) is 9.78. The van der Waals surface area contributed by atoms with Crippen molar-refractivity contribution in [2.45, 2.75) is 13.8 Å². The summed E-state index contributed by atoms with van der Waals surface area (Å²) < 4.78 is 8.04. The van der Waals surface area contributed by atoms with Gasteiger partial charge in [0.15, 0.2) is 5.13 Å². The lowest BCUT2D eigenvalue weighted by molar-refractivity contribution is 0.0743. The molecule has 1 aromatic carbocycles. The fourth-order valence-corrected chi connectivity index (χ4v) is 4.46. The van der Waals surface area contributed by atoms with E-state index in [4.69, 9.17) is 9.72 Å². The number of carbonyl (C=O) groups excluding carboxylic acids is 1. The lowest BCUT2D eigenvalue weighted by Crippen LogP contribution is -2.48. The molecule has 1 aliphatic rings. The third kappa shape index (κ3) is 3.14. The standard InChI is InChI=1S/C19H23N5O2S/c1-12-5-6-15-16(13(12)2)20-19(27-15)24-9-7-23(8-10-24)18(25)14-11-22(3)21-17(14)26-4/h5-6,11H,7-10H2,1-4H3. The maximum Gasteiger partial charge on any atom is 0.261 e. The average molecular weight is 385 g/mol. The van der Waals surface area contributed by atoms with Crippen molar-refractivity contribution in [1.82, 2.24) is 19.7 Å². The molecule has 8 heteroatoms. The maximum absolute atomic E-state index is 12.8. The van der Waals surface area contributed by atoms with E-state index < -0.39 is 0 Å². The first-order chi connectivity index (χ1) is 13.0. The quantitative estimate of drug-likeness (QED) is 0.694. The summed E-state index contributed by atoms with van der Waals surface area (Å²) in [6, 6.07) is 4.30. The van der Waals surface area contributed by atoms with Crippen molar-refractivity contribution in [1.29, 1.82) is 0 Å². The highest BCUT2D eigenvalue weighted by molar-refractivity contribution is 7.22. The van der Waals surface area contributed by atoms with E-state index >= 15 is 0 Å². The van der Waals surface area contributed by atoms with Crippen LogP contribution in [0.5, 0.6) is 5.88 Å². The minimum absolute atomic E-state index is 0.0321. The van der Waals surface area contributed by atoms with Gasteiger partial charge in [-0.3, -0.25) is 9.48 Å². The highest BCUT2D eigenvalue weighted by Gasteiger charge is 2.27. The summed E-state index contributed by atoms with van der Waals surface area (Å²) in [5.74, 6) is 0.345. The molecule has 1 fully saturated rings. The molecule has 0 saturated carbocycles. The van der Waals surface area contributed by atoms with Crippen molar-refractivity contribution in [3.63, 3.8) is 0 Å². The Labute approximate surface area is 162 Å². The van der Waals surface area contributed by atoms with Gasteiger partial charge in [0.05, 0.1) is 17.3 Å². The molecule has 0 aliphatic carbocycles. The molecule has 142 valence electrons. The van der Waals surface area contributed by atoms with Crippen LogP contribution in [0, 0.1) is 13.8 Å². The third-order valence-corrected chi connectivity index (χ3v) is 6.21. The monoisotopic (exact) mass is 385 g/mol. The third-order valence-electron chi connectivity index (χ3n) is 5.13. The van der Waals surface area contributed by atoms with Gasteiger partial charge in [-0.1, -0.05) is 17.4 Å². The van der Waals surface area contributed by atoms with Gasteiger partial charge in [0.25, 0.3) is 5.91 Å². The van der Waals surface area contributed by atoms with Gasteiger partial charge < -0.3 is 14.5 Å². The molecule has 0 spiro atoms. The molecule has 27 heavy (non-hydrogen) atoms. The molecular formula is C19H23N5O2S. The second kappa shape index (κ2) is 6.84. The number of aromatic nitrogens is 3. The van der Waals surface area contributed by atoms with Gasteiger partial charge in [-0.05, 0) is 31.0 Å². The molecule has 4 rings (SSSR count). The smallest absolute Gasteiger partial charge is 0.261 e. The highest BCUT2D eigenvalue weighted by atomic mass is 32.1. The van der Waals surface area contributed by atoms with E-state index in [1.165, 1.54) is 22.9 Å². The molecular weight excluding hydrogens is 362 g/mol. The largest absolute Gasteiger partial charge is 0.479 e. The number of methoxy groups -OCH3 is 1. The number of anilines is 1. The summed E-state index contributed by atoms with van der Waals surface area (Å²) in [6.45, 7) is 7.10. The van der Waals surface area contributed by atoms with Crippen molar-refractivity contribution in [3.8, 4) is 5.88 Å². The Bertz CT molecular complexity index is 1000. The molecule has 3 aromatic rings. The van der Waals surface area contributed by atoms with Crippen molar-refractivity contribution in [2.75, 3.05) is 38.2 Å². The lowest BCUT2D eigenvalue weighted by atomic mass is 10.1.